The molecule has 1 aliphatic rings. The molecule has 1 unspecified atom stereocenters. The van der Waals surface area contributed by atoms with Gasteiger partial charge in [-0.25, -0.2) is 0 Å². The largest absolute Gasteiger partial charge is 0.495 e. The van der Waals surface area contributed by atoms with E-state index in [2.05, 4.69) is 5.32 Å². The van der Waals surface area contributed by atoms with E-state index in [1.807, 2.05) is 17.0 Å². The van der Waals surface area contributed by atoms with E-state index in [1.165, 1.54) is 0 Å². The van der Waals surface area contributed by atoms with Gasteiger partial charge in [-0.1, -0.05) is 12.1 Å². The van der Waals surface area contributed by atoms with Gasteiger partial charge in [-0.3, -0.25) is 14.5 Å². The highest BCUT2D eigenvalue weighted by Gasteiger charge is 2.28. The van der Waals surface area contributed by atoms with Gasteiger partial charge in [-0.05, 0) is 31.5 Å². The lowest BCUT2D eigenvalue weighted by Gasteiger charge is -2.22. The second kappa shape index (κ2) is 7.08. The predicted octanol–water partition coefficient (Wildman–Crippen LogP) is 1.57. The van der Waals surface area contributed by atoms with E-state index >= 15 is 0 Å². The maximum Gasteiger partial charge on any atom is 0.304 e. The number of carboxylic acid groups (broad SMARTS) is 1. The quantitative estimate of drug-likeness (QED) is 0.832. The van der Waals surface area contributed by atoms with Crippen molar-refractivity contribution in [1.29, 1.82) is 0 Å². The van der Waals surface area contributed by atoms with Crippen LogP contribution in [0.5, 0.6) is 5.75 Å². The van der Waals surface area contributed by atoms with Gasteiger partial charge >= 0.3 is 5.97 Å². The Morgan fingerprint density at radius 2 is 2.19 bits per heavy atom. The van der Waals surface area contributed by atoms with E-state index in [1.54, 1.807) is 19.2 Å². The number of carbonyl (C=O) groups excluding carboxylic acids is 1. The van der Waals surface area contributed by atoms with Crippen molar-refractivity contribution in [3.8, 4) is 5.75 Å². The fourth-order valence-electron chi connectivity index (χ4n) is 2.66. The first-order chi connectivity index (χ1) is 10.1. The van der Waals surface area contributed by atoms with E-state index in [-0.39, 0.29) is 24.9 Å². The monoisotopic (exact) mass is 292 g/mol. The Bertz CT molecular complexity index is 518. The molecule has 6 heteroatoms. The average Bonchev–Trinajstić information content (AvgIpc) is 2.85. The van der Waals surface area contributed by atoms with Gasteiger partial charge in [0, 0.05) is 6.04 Å². The summed E-state index contributed by atoms with van der Waals surface area (Å²) in [5.74, 6) is -0.372. The number of methoxy groups -OCH3 is 1. The predicted molar refractivity (Wildman–Crippen MR) is 78.5 cm³/mol. The third-order valence-corrected chi connectivity index (χ3v) is 3.64. The van der Waals surface area contributed by atoms with Crippen molar-refractivity contribution >= 4 is 17.6 Å². The summed E-state index contributed by atoms with van der Waals surface area (Å²) in [6.07, 6.45) is 1.84. The number of carboxylic acids is 1. The van der Waals surface area contributed by atoms with Crippen LogP contribution in [0.1, 0.15) is 19.3 Å². The van der Waals surface area contributed by atoms with E-state index in [9.17, 15) is 9.59 Å². The minimum atomic E-state index is -0.822. The molecule has 1 aliphatic heterocycles. The Balaban J connectivity index is 1.93. The van der Waals surface area contributed by atoms with Crippen LogP contribution in [0.3, 0.4) is 0 Å². The van der Waals surface area contributed by atoms with Crippen molar-refractivity contribution in [3.63, 3.8) is 0 Å². The van der Waals surface area contributed by atoms with Crippen LogP contribution in [-0.4, -0.2) is 48.1 Å². The Morgan fingerprint density at radius 1 is 1.43 bits per heavy atom. The zero-order valence-electron chi connectivity index (χ0n) is 12.0. The van der Waals surface area contributed by atoms with E-state index < -0.39 is 5.97 Å². The number of nitrogens with one attached hydrogen (secondary N) is 1. The van der Waals surface area contributed by atoms with E-state index in [4.69, 9.17) is 9.84 Å². The first kappa shape index (κ1) is 15.3. The van der Waals surface area contributed by atoms with Gasteiger partial charge in [0.1, 0.15) is 5.75 Å². The summed E-state index contributed by atoms with van der Waals surface area (Å²) < 4.78 is 5.18. The fourth-order valence-corrected chi connectivity index (χ4v) is 2.66. The second-order valence-corrected chi connectivity index (χ2v) is 5.11. The van der Waals surface area contributed by atoms with E-state index in [0.717, 1.165) is 19.4 Å². The second-order valence-electron chi connectivity index (χ2n) is 5.11. The van der Waals surface area contributed by atoms with Gasteiger partial charge in [0.05, 0.1) is 25.8 Å². The summed E-state index contributed by atoms with van der Waals surface area (Å²) in [5.41, 5.74) is 0.624. The molecule has 0 saturated carbocycles. The van der Waals surface area contributed by atoms with Crippen LogP contribution < -0.4 is 10.1 Å². The van der Waals surface area contributed by atoms with Crippen LogP contribution in [0, 0.1) is 0 Å². The molecule has 1 heterocycles. The summed E-state index contributed by atoms with van der Waals surface area (Å²) in [5, 5.41) is 11.7. The number of ether oxygens (including phenoxy) is 1. The number of anilines is 1. The van der Waals surface area contributed by atoms with E-state index in [0.29, 0.717) is 11.4 Å². The number of amides is 1. The van der Waals surface area contributed by atoms with Gasteiger partial charge in [0.15, 0.2) is 0 Å². The lowest BCUT2D eigenvalue weighted by atomic mass is 10.1. The Hall–Kier alpha value is -2.08. The van der Waals surface area contributed by atoms with Crippen LogP contribution in [0.2, 0.25) is 0 Å². The molecule has 21 heavy (non-hydrogen) atoms. The highest BCUT2D eigenvalue weighted by molar-refractivity contribution is 5.93. The maximum absolute atomic E-state index is 12.1. The van der Waals surface area contributed by atoms with Crippen molar-refractivity contribution in [3.05, 3.63) is 24.3 Å². The van der Waals surface area contributed by atoms with Gasteiger partial charge in [-0.15, -0.1) is 0 Å². The fraction of sp³-hybridized carbons (Fsp3) is 0.467. The number of hydrogen-bond donors (Lipinski definition) is 2. The van der Waals surface area contributed by atoms with Gasteiger partial charge in [0.2, 0.25) is 5.91 Å². The van der Waals surface area contributed by atoms with Crippen molar-refractivity contribution in [2.24, 2.45) is 0 Å². The molecule has 1 atom stereocenters. The molecule has 6 nitrogen and oxygen atoms in total. The number of para-hydroxylation sites is 2. The molecular formula is C15H20N2O4. The number of nitrogens with zero attached hydrogens (tertiary/aromatic N) is 1. The lowest BCUT2D eigenvalue weighted by molar-refractivity contribution is -0.138. The van der Waals surface area contributed by atoms with Crippen molar-refractivity contribution in [1.82, 2.24) is 4.90 Å². The molecule has 1 amide bonds. The summed E-state index contributed by atoms with van der Waals surface area (Å²) >= 11 is 0. The molecule has 0 radical (unpaired) electrons. The summed E-state index contributed by atoms with van der Waals surface area (Å²) in [6.45, 7) is 0.966. The Kier molecular flexibility index (Phi) is 5.16. The molecule has 0 aliphatic carbocycles. The molecule has 1 aromatic rings. The maximum atomic E-state index is 12.1. The summed E-state index contributed by atoms with van der Waals surface area (Å²) in [4.78, 5) is 24.9. The van der Waals surface area contributed by atoms with Gasteiger partial charge < -0.3 is 15.2 Å². The number of aliphatic carboxylic acids is 1. The Morgan fingerprint density at radius 3 is 2.90 bits per heavy atom. The lowest BCUT2D eigenvalue weighted by Crippen LogP contribution is -2.37. The third kappa shape index (κ3) is 4.19. The standard InChI is InChI=1S/C15H20N2O4/c1-21-13-7-3-2-6-12(13)16-14(18)10-17-8-4-5-11(17)9-15(19)20/h2-3,6-7,11H,4-5,8-10H2,1H3,(H,16,18)(H,19,20). The Labute approximate surface area is 123 Å². The first-order valence-electron chi connectivity index (χ1n) is 6.99. The summed E-state index contributed by atoms with van der Waals surface area (Å²) in [6, 6.07) is 7.15. The van der Waals surface area contributed by atoms with Gasteiger partial charge in [0.25, 0.3) is 0 Å². The number of hydrogen-bond acceptors (Lipinski definition) is 4. The van der Waals surface area contributed by atoms with Crippen molar-refractivity contribution < 1.29 is 19.4 Å². The smallest absolute Gasteiger partial charge is 0.304 e. The highest BCUT2D eigenvalue weighted by atomic mass is 16.5. The molecule has 2 N–H and O–H groups in total. The molecule has 0 aromatic heterocycles. The minimum Gasteiger partial charge on any atom is -0.495 e. The topological polar surface area (TPSA) is 78.9 Å². The molecule has 114 valence electrons. The van der Waals surface area contributed by atoms with Crippen LogP contribution in [0.4, 0.5) is 5.69 Å². The van der Waals surface area contributed by atoms with Crippen LogP contribution >= 0.6 is 0 Å². The molecular weight excluding hydrogens is 272 g/mol. The van der Waals surface area contributed by atoms with Crippen molar-refractivity contribution in [2.75, 3.05) is 25.5 Å². The molecule has 0 bridgehead atoms. The van der Waals surface area contributed by atoms with Crippen LogP contribution in [0.15, 0.2) is 24.3 Å². The number of carbonyl (C=O) groups is 2. The normalized spacial score (nSPS) is 18.4. The molecule has 1 fully saturated rings. The first-order valence-corrected chi connectivity index (χ1v) is 6.99. The average molecular weight is 292 g/mol. The SMILES string of the molecule is COc1ccccc1NC(=O)CN1CCCC1CC(=O)O. The minimum absolute atomic E-state index is 0.0501. The molecule has 1 saturated heterocycles. The molecule has 2 rings (SSSR count). The number of likely N-dealkylation sites (tertiary alicyclic amines) is 1. The zero-order chi connectivity index (χ0) is 15.2. The van der Waals surface area contributed by atoms with Crippen molar-refractivity contribution in [2.45, 2.75) is 25.3 Å². The molecule has 1 aromatic carbocycles. The van der Waals surface area contributed by atoms with Crippen LogP contribution in [0.25, 0.3) is 0 Å². The molecule has 0 spiro atoms. The van der Waals surface area contributed by atoms with Gasteiger partial charge in [-0.2, -0.15) is 0 Å². The third-order valence-electron chi connectivity index (χ3n) is 3.64. The highest BCUT2D eigenvalue weighted by Crippen LogP contribution is 2.24. The summed E-state index contributed by atoms with van der Waals surface area (Å²) in [7, 11) is 1.55. The number of rotatable bonds is 6. The zero-order valence-corrected chi connectivity index (χ0v) is 12.0. The number of benzene rings is 1. The van der Waals surface area contributed by atoms with Crippen LogP contribution in [-0.2, 0) is 9.59 Å².